The van der Waals surface area contributed by atoms with Crippen molar-refractivity contribution in [3.8, 4) is 11.1 Å². The summed E-state index contributed by atoms with van der Waals surface area (Å²) < 4.78 is 10.4. The van der Waals surface area contributed by atoms with Crippen molar-refractivity contribution in [2.45, 2.75) is 19.3 Å². The zero-order valence-corrected chi connectivity index (χ0v) is 15.1. The Hall–Kier alpha value is -2.82. The van der Waals surface area contributed by atoms with Crippen molar-refractivity contribution in [2.75, 3.05) is 26.8 Å². The fraction of sp³-hybridized carbons (Fsp3) is 0.333. The smallest absolute Gasteiger partial charge is 0.409 e. The van der Waals surface area contributed by atoms with Crippen LogP contribution in [0.4, 0.5) is 4.79 Å². The lowest BCUT2D eigenvalue weighted by molar-refractivity contribution is -0.143. The number of fused-ring (bicyclic) bond motifs is 3. The standard InChI is InChI=1S/C21H23NO4/c1-3-25-20(23)12-13-22(2)21(24)26-14-19-17-10-6-4-8-15(17)16-9-5-7-11-18(16)19/h4-11,19H,3,12-14H2,1-2H3. The number of esters is 1. The molecule has 0 saturated heterocycles. The summed E-state index contributed by atoms with van der Waals surface area (Å²) in [6, 6.07) is 16.4. The van der Waals surface area contributed by atoms with Crippen LogP contribution in [0.3, 0.4) is 0 Å². The Kier molecular flexibility index (Phi) is 5.56. The van der Waals surface area contributed by atoms with E-state index in [0.29, 0.717) is 6.61 Å². The van der Waals surface area contributed by atoms with E-state index in [1.807, 2.05) is 24.3 Å². The van der Waals surface area contributed by atoms with Crippen LogP contribution in [0.15, 0.2) is 48.5 Å². The number of amides is 1. The third kappa shape index (κ3) is 3.72. The van der Waals surface area contributed by atoms with E-state index in [0.717, 1.165) is 0 Å². The molecule has 1 amide bonds. The molecule has 0 aromatic heterocycles. The molecule has 0 atom stereocenters. The van der Waals surface area contributed by atoms with Crippen LogP contribution in [-0.2, 0) is 14.3 Å². The summed E-state index contributed by atoms with van der Waals surface area (Å²) in [5, 5.41) is 0. The lowest BCUT2D eigenvalue weighted by atomic mass is 9.98. The van der Waals surface area contributed by atoms with E-state index in [1.54, 1.807) is 14.0 Å². The summed E-state index contributed by atoms with van der Waals surface area (Å²) in [6.07, 6.45) is -0.273. The van der Waals surface area contributed by atoms with Crippen molar-refractivity contribution < 1.29 is 19.1 Å². The minimum absolute atomic E-state index is 0.0322. The molecule has 0 spiro atoms. The van der Waals surface area contributed by atoms with Gasteiger partial charge in [-0.2, -0.15) is 0 Å². The van der Waals surface area contributed by atoms with Crippen LogP contribution in [0, 0.1) is 0 Å². The summed E-state index contributed by atoms with van der Waals surface area (Å²) in [7, 11) is 1.62. The molecular weight excluding hydrogens is 330 g/mol. The molecule has 26 heavy (non-hydrogen) atoms. The van der Waals surface area contributed by atoms with Crippen LogP contribution in [0.1, 0.15) is 30.4 Å². The lowest BCUT2D eigenvalue weighted by Crippen LogP contribution is -2.31. The molecule has 1 aliphatic carbocycles. The van der Waals surface area contributed by atoms with Crippen molar-refractivity contribution in [3.05, 3.63) is 59.7 Å². The van der Waals surface area contributed by atoms with E-state index in [2.05, 4.69) is 24.3 Å². The van der Waals surface area contributed by atoms with Gasteiger partial charge in [0, 0.05) is 19.5 Å². The number of ether oxygens (including phenoxy) is 2. The van der Waals surface area contributed by atoms with Crippen LogP contribution in [0.5, 0.6) is 0 Å². The van der Waals surface area contributed by atoms with Gasteiger partial charge in [0.25, 0.3) is 0 Å². The maximum absolute atomic E-state index is 12.2. The van der Waals surface area contributed by atoms with Crippen LogP contribution >= 0.6 is 0 Å². The van der Waals surface area contributed by atoms with Crippen molar-refractivity contribution in [1.82, 2.24) is 4.90 Å². The molecule has 2 aromatic carbocycles. The largest absolute Gasteiger partial charge is 0.466 e. The fourth-order valence-electron chi connectivity index (χ4n) is 3.29. The molecule has 1 aliphatic rings. The van der Waals surface area contributed by atoms with Crippen LogP contribution < -0.4 is 0 Å². The van der Waals surface area contributed by atoms with Gasteiger partial charge in [-0.3, -0.25) is 4.79 Å². The highest BCUT2D eigenvalue weighted by molar-refractivity contribution is 5.79. The first-order valence-corrected chi connectivity index (χ1v) is 8.83. The quantitative estimate of drug-likeness (QED) is 0.741. The topological polar surface area (TPSA) is 55.8 Å². The van der Waals surface area contributed by atoms with Crippen molar-refractivity contribution in [2.24, 2.45) is 0 Å². The van der Waals surface area contributed by atoms with Gasteiger partial charge in [-0.15, -0.1) is 0 Å². The molecule has 0 N–H and O–H groups in total. The zero-order chi connectivity index (χ0) is 18.5. The second-order valence-corrected chi connectivity index (χ2v) is 6.28. The molecule has 136 valence electrons. The van der Waals surface area contributed by atoms with Crippen LogP contribution in [0.25, 0.3) is 11.1 Å². The predicted octanol–water partition coefficient (Wildman–Crippen LogP) is 3.82. The average molecular weight is 353 g/mol. The van der Waals surface area contributed by atoms with Gasteiger partial charge in [0.1, 0.15) is 6.61 Å². The highest BCUT2D eigenvalue weighted by Crippen LogP contribution is 2.44. The second kappa shape index (κ2) is 8.04. The molecular formula is C21H23NO4. The summed E-state index contributed by atoms with van der Waals surface area (Å²) >= 11 is 0. The Balaban J connectivity index is 1.63. The van der Waals surface area contributed by atoms with Gasteiger partial charge in [-0.25, -0.2) is 4.79 Å². The summed E-state index contributed by atoms with van der Waals surface area (Å²) in [4.78, 5) is 25.1. The van der Waals surface area contributed by atoms with E-state index < -0.39 is 6.09 Å². The van der Waals surface area contributed by atoms with Gasteiger partial charge in [0.15, 0.2) is 0 Å². The third-order valence-electron chi connectivity index (χ3n) is 4.60. The highest BCUT2D eigenvalue weighted by atomic mass is 16.6. The summed E-state index contributed by atoms with van der Waals surface area (Å²) in [5.74, 6) is -0.282. The first-order valence-electron chi connectivity index (χ1n) is 8.83. The third-order valence-corrected chi connectivity index (χ3v) is 4.60. The Bertz CT molecular complexity index is 757. The van der Waals surface area contributed by atoms with E-state index in [1.165, 1.54) is 27.2 Å². The van der Waals surface area contributed by atoms with Crippen LogP contribution in [0.2, 0.25) is 0 Å². The Morgan fingerprint density at radius 2 is 1.54 bits per heavy atom. The van der Waals surface area contributed by atoms with Gasteiger partial charge in [0.2, 0.25) is 0 Å². The Morgan fingerprint density at radius 1 is 0.962 bits per heavy atom. The molecule has 0 fully saturated rings. The van der Waals surface area contributed by atoms with Crippen molar-refractivity contribution in [3.63, 3.8) is 0 Å². The second-order valence-electron chi connectivity index (χ2n) is 6.28. The molecule has 0 unspecified atom stereocenters. The van der Waals surface area contributed by atoms with E-state index in [9.17, 15) is 9.59 Å². The first-order chi connectivity index (χ1) is 12.6. The lowest BCUT2D eigenvalue weighted by Gasteiger charge is -2.19. The van der Waals surface area contributed by atoms with Crippen molar-refractivity contribution in [1.29, 1.82) is 0 Å². The number of nitrogens with zero attached hydrogens (tertiary/aromatic N) is 1. The average Bonchev–Trinajstić information content (AvgIpc) is 2.98. The van der Waals surface area contributed by atoms with E-state index in [-0.39, 0.29) is 31.5 Å². The summed E-state index contributed by atoms with van der Waals surface area (Å²) in [5.41, 5.74) is 4.74. The molecule has 0 radical (unpaired) electrons. The van der Waals surface area contributed by atoms with Gasteiger partial charge >= 0.3 is 12.1 Å². The van der Waals surface area contributed by atoms with E-state index >= 15 is 0 Å². The molecule has 0 aliphatic heterocycles. The highest BCUT2D eigenvalue weighted by Gasteiger charge is 2.29. The minimum Gasteiger partial charge on any atom is -0.466 e. The Labute approximate surface area is 153 Å². The Morgan fingerprint density at radius 3 is 2.12 bits per heavy atom. The monoisotopic (exact) mass is 353 g/mol. The molecule has 0 saturated carbocycles. The molecule has 2 aromatic rings. The normalized spacial score (nSPS) is 12.2. The van der Waals surface area contributed by atoms with Gasteiger partial charge in [-0.1, -0.05) is 48.5 Å². The van der Waals surface area contributed by atoms with Crippen molar-refractivity contribution >= 4 is 12.1 Å². The maximum Gasteiger partial charge on any atom is 0.409 e. The van der Waals surface area contributed by atoms with Gasteiger partial charge in [-0.05, 0) is 29.2 Å². The number of hydrogen-bond donors (Lipinski definition) is 0. The number of carbonyl (C=O) groups is 2. The molecule has 5 nitrogen and oxygen atoms in total. The molecule has 0 heterocycles. The predicted molar refractivity (Wildman–Crippen MR) is 98.9 cm³/mol. The van der Waals surface area contributed by atoms with Gasteiger partial charge < -0.3 is 14.4 Å². The SMILES string of the molecule is CCOC(=O)CCN(C)C(=O)OCC1c2ccccc2-c2ccccc21. The number of benzene rings is 2. The maximum atomic E-state index is 12.2. The van der Waals surface area contributed by atoms with Gasteiger partial charge in [0.05, 0.1) is 13.0 Å². The zero-order valence-electron chi connectivity index (χ0n) is 15.1. The number of carbonyl (C=O) groups excluding carboxylic acids is 2. The fourth-order valence-corrected chi connectivity index (χ4v) is 3.29. The minimum atomic E-state index is -0.434. The molecule has 3 rings (SSSR count). The molecule has 5 heteroatoms. The summed E-state index contributed by atoms with van der Waals surface area (Å²) in [6.45, 7) is 2.65. The van der Waals surface area contributed by atoms with Crippen LogP contribution in [-0.4, -0.2) is 43.8 Å². The van der Waals surface area contributed by atoms with E-state index in [4.69, 9.17) is 9.47 Å². The first kappa shape index (κ1) is 18.0. The number of hydrogen-bond acceptors (Lipinski definition) is 4. The number of rotatable bonds is 6. The molecule has 0 bridgehead atoms.